The number of likely N-dealkylation sites (tertiary alicyclic amines) is 1. The normalized spacial score (nSPS) is 17.4. The summed E-state index contributed by atoms with van der Waals surface area (Å²) >= 11 is 12.6. The molecular formula is C24H24Cl2N2O. The lowest BCUT2D eigenvalue weighted by atomic mass is 9.96. The topological polar surface area (TPSA) is 32.3 Å². The third kappa shape index (κ3) is 4.75. The summed E-state index contributed by atoms with van der Waals surface area (Å²) in [6.07, 6.45) is 1.91. The van der Waals surface area contributed by atoms with E-state index in [4.69, 9.17) is 23.2 Å². The van der Waals surface area contributed by atoms with Gasteiger partial charge in [0.05, 0.1) is 5.92 Å². The van der Waals surface area contributed by atoms with Crippen LogP contribution in [0.5, 0.6) is 0 Å². The van der Waals surface area contributed by atoms with Gasteiger partial charge in [0.2, 0.25) is 5.91 Å². The summed E-state index contributed by atoms with van der Waals surface area (Å²) in [5, 5.41) is 6.89. The maximum atomic E-state index is 12.8. The average Bonchev–Trinajstić information content (AvgIpc) is 2.75. The molecule has 1 heterocycles. The van der Waals surface area contributed by atoms with Gasteiger partial charge in [-0.15, -0.1) is 0 Å². The highest BCUT2D eigenvalue weighted by Crippen LogP contribution is 2.28. The number of nitrogens with one attached hydrogen (secondary N) is 1. The number of piperidine rings is 1. The van der Waals surface area contributed by atoms with Gasteiger partial charge in [-0.2, -0.15) is 0 Å². The summed E-state index contributed by atoms with van der Waals surface area (Å²) < 4.78 is 0. The number of hydrogen-bond donors (Lipinski definition) is 1. The molecule has 0 bridgehead atoms. The van der Waals surface area contributed by atoms with E-state index < -0.39 is 0 Å². The molecule has 1 saturated heterocycles. The fraction of sp³-hybridized carbons (Fsp3) is 0.292. The monoisotopic (exact) mass is 426 g/mol. The highest BCUT2D eigenvalue weighted by atomic mass is 35.5. The predicted octanol–water partition coefficient (Wildman–Crippen LogP) is 5.68. The molecule has 1 atom stereocenters. The molecule has 1 fully saturated rings. The van der Waals surface area contributed by atoms with E-state index in [-0.39, 0.29) is 11.8 Å². The van der Waals surface area contributed by atoms with Crippen molar-refractivity contribution in [2.75, 3.05) is 13.1 Å². The van der Waals surface area contributed by atoms with Crippen molar-refractivity contribution in [1.29, 1.82) is 0 Å². The molecule has 0 spiro atoms. The number of nitrogens with zero attached hydrogens (tertiary/aromatic N) is 1. The van der Waals surface area contributed by atoms with Crippen molar-refractivity contribution in [2.45, 2.75) is 25.9 Å². The van der Waals surface area contributed by atoms with Crippen LogP contribution in [-0.4, -0.2) is 23.9 Å². The van der Waals surface area contributed by atoms with Crippen molar-refractivity contribution < 1.29 is 4.79 Å². The molecule has 3 aromatic carbocycles. The molecule has 0 saturated carbocycles. The van der Waals surface area contributed by atoms with Crippen molar-refractivity contribution in [3.05, 3.63) is 81.8 Å². The van der Waals surface area contributed by atoms with Gasteiger partial charge in [0.25, 0.3) is 0 Å². The maximum Gasteiger partial charge on any atom is 0.224 e. The summed E-state index contributed by atoms with van der Waals surface area (Å²) in [5.74, 6) is 0.105. The third-order valence-corrected chi connectivity index (χ3v) is 6.36. The van der Waals surface area contributed by atoms with Gasteiger partial charge < -0.3 is 5.32 Å². The minimum Gasteiger partial charge on any atom is -0.352 e. The highest BCUT2D eigenvalue weighted by Gasteiger charge is 2.26. The zero-order valence-corrected chi connectivity index (χ0v) is 17.7. The molecule has 1 amide bonds. The molecule has 29 heavy (non-hydrogen) atoms. The highest BCUT2D eigenvalue weighted by molar-refractivity contribution is 6.35. The minimum atomic E-state index is -0.0139. The Balaban J connectivity index is 1.39. The van der Waals surface area contributed by atoms with Crippen LogP contribution in [0.15, 0.2) is 60.7 Å². The van der Waals surface area contributed by atoms with Gasteiger partial charge in [0.15, 0.2) is 0 Å². The largest absolute Gasteiger partial charge is 0.352 e. The smallest absolute Gasteiger partial charge is 0.224 e. The molecule has 0 radical (unpaired) electrons. The fourth-order valence-electron chi connectivity index (χ4n) is 4.09. The molecule has 5 heteroatoms. The van der Waals surface area contributed by atoms with Gasteiger partial charge in [-0.05, 0) is 47.9 Å². The summed E-state index contributed by atoms with van der Waals surface area (Å²) in [6.45, 7) is 2.90. The van der Waals surface area contributed by atoms with Crippen LogP contribution in [0, 0.1) is 5.92 Å². The molecule has 1 N–H and O–H groups in total. The van der Waals surface area contributed by atoms with Crippen LogP contribution in [0.4, 0.5) is 0 Å². The number of halogens is 2. The molecule has 150 valence electrons. The molecule has 0 aromatic heterocycles. The first-order valence-corrected chi connectivity index (χ1v) is 10.8. The molecule has 4 rings (SSSR count). The first-order valence-electron chi connectivity index (χ1n) is 10.0. The minimum absolute atomic E-state index is 0.0139. The summed E-state index contributed by atoms with van der Waals surface area (Å²) in [6, 6.07) is 20.1. The SMILES string of the molecule is O=C(NCc1cccc2ccccc12)[C@@H]1CCCN(Cc2c(Cl)cccc2Cl)C1. The van der Waals surface area contributed by atoms with Crippen molar-refractivity contribution in [3.63, 3.8) is 0 Å². The molecule has 1 aliphatic rings. The van der Waals surface area contributed by atoms with E-state index in [0.29, 0.717) is 23.1 Å². The lowest BCUT2D eigenvalue weighted by molar-refractivity contribution is -0.126. The number of carbonyl (C=O) groups is 1. The zero-order valence-electron chi connectivity index (χ0n) is 16.2. The van der Waals surface area contributed by atoms with E-state index >= 15 is 0 Å². The van der Waals surface area contributed by atoms with Crippen molar-refractivity contribution >= 4 is 39.9 Å². The second-order valence-corrected chi connectivity index (χ2v) is 8.44. The van der Waals surface area contributed by atoms with Crippen LogP contribution in [-0.2, 0) is 17.9 Å². The molecule has 1 aliphatic heterocycles. The van der Waals surface area contributed by atoms with Crippen LogP contribution in [0.3, 0.4) is 0 Å². The van der Waals surface area contributed by atoms with Crippen molar-refractivity contribution in [2.24, 2.45) is 5.92 Å². The van der Waals surface area contributed by atoms with Crippen molar-refractivity contribution in [3.8, 4) is 0 Å². The molecule has 0 unspecified atom stereocenters. The molecular weight excluding hydrogens is 403 g/mol. The lowest BCUT2D eigenvalue weighted by Crippen LogP contribution is -2.42. The lowest BCUT2D eigenvalue weighted by Gasteiger charge is -2.32. The van der Waals surface area contributed by atoms with Gasteiger partial charge >= 0.3 is 0 Å². The van der Waals surface area contributed by atoms with E-state index in [1.54, 1.807) is 0 Å². The summed E-state index contributed by atoms with van der Waals surface area (Å²) in [4.78, 5) is 15.1. The Morgan fingerprint density at radius 1 is 1.00 bits per heavy atom. The second-order valence-electron chi connectivity index (χ2n) is 7.63. The van der Waals surface area contributed by atoms with Gasteiger partial charge in [-0.25, -0.2) is 0 Å². The average molecular weight is 427 g/mol. The zero-order chi connectivity index (χ0) is 20.2. The van der Waals surface area contributed by atoms with Crippen LogP contribution < -0.4 is 5.32 Å². The van der Waals surface area contributed by atoms with Gasteiger partial charge in [0, 0.05) is 35.2 Å². The Bertz CT molecular complexity index is 995. The Morgan fingerprint density at radius 2 is 1.72 bits per heavy atom. The van der Waals surface area contributed by atoms with E-state index in [1.807, 2.05) is 36.4 Å². The fourth-order valence-corrected chi connectivity index (χ4v) is 4.61. The number of fused-ring (bicyclic) bond motifs is 1. The predicted molar refractivity (Wildman–Crippen MR) is 120 cm³/mol. The standard InChI is InChI=1S/C24H24Cl2N2O/c25-22-11-4-12-23(26)21(22)16-28-13-5-9-19(15-28)24(29)27-14-18-8-3-7-17-6-1-2-10-20(17)18/h1-4,6-8,10-12,19H,5,9,13-16H2,(H,27,29)/t19-/m1/s1. The quantitative estimate of drug-likeness (QED) is 0.569. The molecule has 3 aromatic rings. The Hall–Kier alpha value is -2.07. The van der Waals surface area contributed by atoms with Crippen LogP contribution >= 0.6 is 23.2 Å². The number of carbonyl (C=O) groups excluding carboxylic acids is 1. The first-order chi connectivity index (χ1) is 14.1. The first kappa shape index (κ1) is 20.2. The number of hydrogen-bond acceptors (Lipinski definition) is 2. The number of amides is 1. The van der Waals surface area contributed by atoms with E-state index in [1.165, 1.54) is 10.8 Å². The van der Waals surface area contributed by atoms with Crippen LogP contribution in [0.25, 0.3) is 10.8 Å². The van der Waals surface area contributed by atoms with E-state index in [2.05, 4.69) is 34.5 Å². The van der Waals surface area contributed by atoms with Crippen LogP contribution in [0.1, 0.15) is 24.0 Å². The van der Waals surface area contributed by atoms with Gasteiger partial charge in [-0.3, -0.25) is 9.69 Å². The molecule has 0 aliphatic carbocycles. The maximum absolute atomic E-state index is 12.8. The Kier molecular flexibility index (Phi) is 6.39. The summed E-state index contributed by atoms with van der Waals surface area (Å²) in [7, 11) is 0. The van der Waals surface area contributed by atoms with E-state index in [9.17, 15) is 4.79 Å². The summed E-state index contributed by atoms with van der Waals surface area (Å²) in [5.41, 5.74) is 2.08. The van der Waals surface area contributed by atoms with Crippen LogP contribution in [0.2, 0.25) is 10.0 Å². The Labute approximate surface area is 181 Å². The van der Waals surface area contributed by atoms with E-state index in [0.717, 1.165) is 37.1 Å². The number of benzene rings is 3. The third-order valence-electron chi connectivity index (χ3n) is 5.65. The second kappa shape index (κ2) is 9.17. The van der Waals surface area contributed by atoms with Crippen molar-refractivity contribution in [1.82, 2.24) is 10.2 Å². The van der Waals surface area contributed by atoms with Gasteiger partial charge in [0.1, 0.15) is 0 Å². The number of rotatable bonds is 5. The van der Waals surface area contributed by atoms with Gasteiger partial charge in [-0.1, -0.05) is 71.7 Å². The Morgan fingerprint density at radius 3 is 2.55 bits per heavy atom. The molecule has 3 nitrogen and oxygen atoms in total.